The molecule has 16 heavy (non-hydrogen) atoms. The first-order valence-corrected chi connectivity index (χ1v) is 5.08. The molecule has 1 heterocycles. The number of hydrogen-bond acceptors (Lipinski definition) is 4. The summed E-state index contributed by atoms with van der Waals surface area (Å²) < 4.78 is 10.2. The van der Waals surface area contributed by atoms with E-state index in [2.05, 4.69) is 9.68 Å². The van der Waals surface area contributed by atoms with E-state index >= 15 is 0 Å². The van der Waals surface area contributed by atoms with Gasteiger partial charge in [0.15, 0.2) is 0 Å². The molecule has 4 nitrogen and oxygen atoms in total. The molecule has 84 valence electrons. The fraction of sp³-hybridized carbons (Fsp3) is 0.182. The summed E-state index contributed by atoms with van der Waals surface area (Å²) in [6.45, 7) is 0.176. The monoisotopic (exact) mass is 239 g/mol. The molecule has 0 aliphatic heterocycles. The molecule has 0 atom stereocenters. The Morgan fingerprint density at radius 1 is 1.44 bits per heavy atom. The summed E-state index contributed by atoms with van der Waals surface area (Å²) in [6, 6.07) is 5.23. The third-order valence-electron chi connectivity index (χ3n) is 2.11. The number of rotatable bonds is 4. The van der Waals surface area contributed by atoms with E-state index < -0.39 is 0 Å². The molecule has 0 radical (unpaired) electrons. The average Bonchev–Trinajstić information content (AvgIpc) is 2.79. The summed E-state index contributed by atoms with van der Waals surface area (Å²) in [5.74, 6) is 0.566. The highest BCUT2D eigenvalue weighted by atomic mass is 35.5. The first kappa shape index (κ1) is 11.0. The van der Waals surface area contributed by atoms with E-state index in [1.165, 1.54) is 6.26 Å². The molecule has 0 fully saturated rings. The van der Waals surface area contributed by atoms with Gasteiger partial charge < -0.3 is 14.4 Å². The first-order chi connectivity index (χ1) is 7.81. The predicted octanol–water partition coefficient (Wildman–Crippen LogP) is 2.40. The van der Waals surface area contributed by atoms with Crippen molar-refractivity contribution in [1.29, 1.82) is 0 Å². The van der Waals surface area contributed by atoms with Crippen molar-refractivity contribution in [3.63, 3.8) is 0 Å². The molecule has 1 N–H and O–H groups in total. The Kier molecular flexibility index (Phi) is 3.44. The molecule has 0 aliphatic carbocycles. The fourth-order valence-electron chi connectivity index (χ4n) is 1.29. The fourth-order valence-corrected chi connectivity index (χ4v) is 1.51. The van der Waals surface area contributed by atoms with E-state index in [4.69, 9.17) is 21.4 Å². The van der Waals surface area contributed by atoms with Crippen LogP contribution >= 0.6 is 11.6 Å². The van der Waals surface area contributed by atoms with Crippen molar-refractivity contribution in [1.82, 2.24) is 5.16 Å². The van der Waals surface area contributed by atoms with Gasteiger partial charge in [-0.2, -0.15) is 0 Å². The van der Waals surface area contributed by atoms with Crippen LogP contribution in [0.1, 0.15) is 11.1 Å². The van der Waals surface area contributed by atoms with Crippen LogP contribution in [0.2, 0.25) is 5.02 Å². The summed E-state index contributed by atoms with van der Waals surface area (Å²) >= 11 is 5.92. The molecule has 0 unspecified atom stereocenters. The SMILES string of the molecule is OCc1c(Cl)cccc1OCc1cnoc1. The van der Waals surface area contributed by atoms with Crippen LogP contribution in [0.3, 0.4) is 0 Å². The quantitative estimate of drug-likeness (QED) is 0.890. The van der Waals surface area contributed by atoms with Gasteiger partial charge in [0.05, 0.1) is 12.8 Å². The van der Waals surface area contributed by atoms with Crippen LogP contribution in [-0.4, -0.2) is 10.3 Å². The third kappa shape index (κ3) is 2.35. The molecular formula is C11H10ClNO3. The van der Waals surface area contributed by atoms with Crippen molar-refractivity contribution in [2.24, 2.45) is 0 Å². The Hall–Kier alpha value is -1.52. The Bertz CT molecular complexity index is 456. The van der Waals surface area contributed by atoms with E-state index in [0.717, 1.165) is 5.56 Å². The lowest BCUT2D eigenvalue weighted by atomic mass is 10.2. The van der Waals surface area contributed by atoms with Gasteiger partial charge in [0, 0.05) is 16.1 Å². The number of nitrogens with zero attached hydrogens (tertiary/aromatic N) is 1. The van der Waals surface area contributed by atoms with Gasteiger partial charge in [0.1, 0.15) is 18.6 Å². The van der Waals surface area contributed by atoms with E-state index in [1.807, 2.05) is 0 Å². The van der Waals surface area contributed by atoms with Crippen molar-refractivity contribution < 1.29 is 14.4 Å². The first-order valence-electron chi connectivity index (χ1n) is 4.70. The molecule has 5 heteroatoms. The smallest absolute Gasteiger partial charge is 0.130 e. The highest BCUT2D eigenvalue weighted by Gasteiger charge is 2.07. The van der Waals surface area contributed by atoms with Gasteiger partial charge in [-0.15, -0.1) is 0 Å². The minimum absolute atomic E-state index is 0.154. The lowest BCUT2D eigenvalue weighted by molar-refractivity contribution is 0.258. The highest BCUT2D eigenvalue weighted by Crippen LogP contribution is 2.26. The molecule has 0 amide bonds. The van der Waals surface area contributed by atoms with Gasteiger partial charge in [-0.3, -0.25) is 0 Å². The number of aliphatic hydroxyl groups is 1. The average molecular weight is 240 g/mol. The van der Waals surface area contributed by atoms with Crippen molar-refractivity contribution in [2.45, 2.75) is 13.2 Å². The van der Waals surface area contributed by atoms with E-state index in [9.17, 15) is 0 Å². The minimum atomic E-state index is -0.154. The van der Waals surface area contributed by atoms with Crippen LogP contribution in [0.25, 0.3) is 0 Å². The van der Waals surface area contributed by atoms with E-state index in [-0.39, 0.29) is 6.61 Å². The van der Waals surface area contributed by atoms with Gasteiger partial charge in [0.2, 0.25) is 0 Å². The normalized spacial score (nSPS) is 10.4. The summed E-state index contributed by atoms with van der Waals surface area (Å²) in [6.07, 6.45) is 3.08. The zero-order chi connectivity index (χ0) is 11.4. The maximum atomic E-state index is 9.16. The van der Waals surface area contributed by atoms with Crippen LogP contribution in [0.5, 0.6) is 5.75 Å². The van der Waals surface area contributed by atoms with E-state index in [0.29, 0.717) is 22.9 Å². The predicted molar refractivity (Wildman–Crippen MR) is 58.2 cm³/mol. The minimum Gasteiger partial charge on any atom is -0.488 e. The second kappa shape index (κ2) is 5.01. The number of hydrogen-bond donors (Lipinski definition) is 1. The second-order valence-electron chi connectivity index (χ2n) is 3.20. The molecule has 0 saturated heterocycles. The molecule has 0 bridgehead atoms. The Morgan fingerprint density at radius 3 is 3.00 bits per heavy atom. The summed E-state index contributed by atoms with van der Waals surface area (Å²) in [4.78, 5) is 0. The molecule has 0 aliphatic rings. The largest absolute Gasteiger partial charge is 0.488 e. The molecule has 1 aromatic heterocycles. The molecule has 0 spiro atoms. The number of aliphatic hydroxyl groups excluding tert-OH is 1. The van der Waals surface area contributed by atoms with Crippen LogP contribution < -0.4 is 4.74 Å². The number of benzene rings is 1. The zero-order valence-electron chi connectivity index (χ0n) is 8.39. The standard InChI is InChI=1S/C11H10ClNO3/c12-10-2-1-3-11(9(10)5-14)15-6-8-4-13-16-7-8/h1-4,7,14H,5-6H2. The van der Waals surface area contributed by atoms with Crippen LogP contribution in [0.15, 0.2) is 35.2 Å². The number of halogens is 1. The Morgan fingerprint density at radius 2 is 2.31 bits per heavy atom. The molecular weight excluding hydrogens is 230 g/mol. The zero-order valence-corrected chi connectivity index (χ0v) is 9.15. The van der Waals surface area contributed by atoms with Gasteiger partial charge in [-0.05, 0) is 12.1 Å². The Labute approximate surface area is 97.4 Å². The summed E-state index contributed by atoms with van der Waals surface area (Å²) in [5, 5.41) is 13.2. The molecule has 2 rings (SSSR count). The van der Waals surface area contributed by atoms with Gasteiger partial charge in [-0.25, -0.2) is 0 Å². The highest BCUT2D eigenvalue weighted by molar-refractivity contribution is 6.31. The molecule has 0 saturated carbocycles. The van der Waals surface area contributed by atoms with E-state index in [1.54, 1.807) is 24.4 Å². The van der Waals surface area contributed by atoms with Gasteiger partial charge in [-0.1, -0.05) is 22.8 Å². The van der Waals surface area contributed by atoms with Crippen LogP contribution in [-0.2, 0) is 13.2 Å². The topological polar surface area (TPSA) is 55.5 Å². The van der Waals surface area contributed by atoms with Gasteiger partial charge >= 0.3 is 0 Å². The van der Waals surface area contributed by atoms with Crippen molar-refractivity contribution in [2.75, 3.05) is 0 Å². The lowest BCUT2D eigenvalue weighted by Gasteiger charge is -2.09. The Balaban J connectivity index is 2.12. The van der Waals surface area contributed by atoms with Crippen molar-refractivity contribution >= 4 is 11.6 Å². The third-order valence-corrected chi connectivity index (χ3v) is 2.47. The van der Waals surface area contributed by atoms with Crippen molar-refractivity contribution in [3.8, 4) is 5.75 Å². The van der Waals surface area contributed by atoms with Gasteiger partial charge in [0.25, 0.3) is 0 Å². The second-order valence-corrected chi connectivity index (χ2v) is 3.60. The van der Waals surface area contributed by atoms with Crippen molar-refractivity contribution in [3.05, 3.63) is 46.8 Å². The maximum absolute atomic E-state index is 9.16. The van der Waals surface area contributed by atoms with Crippen LogP contribution in [0, 0.1) is 0 Å². The summed E-state index contributed by atoms with van der Waals surface area (Å²) in [5.41, 5.74) is 1.41. The number of ether oxygens (including phenoxy) is 1. The lowest BCUT2D eigenvalue weighted by Crippen LogP contribution is -1.98. The molecule has 1 aromatic carbocycles. The number of aromatic nitrogens is 1. The van der Waals surface area contributed by atoms with Crippen LogP contribution in [0.4, 0.5) is 0 Å². The summed E-state index contributed by atoms with van der Waals surface area (Å²) in [7, 11) is 0. The molecule has 2 aromatic rings. The maximum Gasteiger partial charge on any atom is 0.130 e.